The summed E-state index contributed by atoms with van der Waals surface area (Å²) in [6.07, 6.45) is 6.16. The molecule has 0 aliphatic heterocycles. The molecule has 1 aromatic carbocycles. The number of aliphatic carboxylic acids is 1. The molecule has 1 fully saturated rings. The van der Waals surface area contributed by atoms with E-state index in [4.69, 9.17) is 9.26 Å². The highest BCUT2D eigenvalue weighted by atomic mass is 16.5. The lowest BCUT2D eigenvalue weighted by atomic mass is 9.87. The molecular weight excluding hydrogens is 458 g/mol. The lowest BCUT2D eigenvalue weighted by Gasteiger charge is -2.27. The third-order valence-electron chi connectivity index (χ3n) is 6.38. The van der Waals surface area contributed by atoms with Gasteiger partial charge in [0, 0.05) is 23.9 Å². The van der Waals surface area contributed by atoms with Crippen molar-refractivity contribution in [3.63, 3.8) is 0 Å². The first kappa shape index (κ1) is 23.5. The zero-order valence-corrected chi connectivity index (χ0v) is 19.9. The fraction of sp³-hybridized carbons (Fsp3) is 0.296. The number of carboxylic acids is 1. The molecule has 3 aromatic heterocycles. The van der Waals surface area contributed by atoms with Crippen LogP contribution in [0.4, 0.5) is 5.95 Å². The number of anilines is 1. The second kappa shape index (κ2) is 10.6. The summed E-state index contributed by atoms with van der Waals surface area (Å²) in [6.45, 7) is 2.30. The predicted molar refractivity (Wildman–Crippen MR) is 133 cm³/mol. The molecule has 0 saturated heterocycles. The molecule has 1 saturated carbocycles. The van der Waals surface area contributed by atoms with Gasteiger partial charge in [0.05, 0.1) is 29.6 Å². The van der Waals surface area contributed by atoms with Crippen molar-refractivity contribution in [3.05, 3.63) is 72.2 Å². The van der Waals surface area contributed by atoms with Crippen LogP contribution in [0.1, 0.15) is 36.9 Å². The van der Waals surface area contributed by atoms with E-state index in [1.165, 1.54) is 0 Å². The van der Waals surface area contributed by atoms with Crippen molar-refractivity contribution >= 4 is 11.9 Å². The molecule has 0 unspecified atom stereocenters. The number of pyridine rings is 1. The minimum Gasteiger partial charge on any atom is -0.489 e. The Kier molecular flexibility index (Phi) is 6.88. The van der Waals surface area contributed by atoms with Crippen LogP contribution in [0.15, 0.2) is 65.4 Å². The van der Waals surface area contributed by atoms with Gasteiger partial charge in [0.15, 0.2) is 5.76 Å². The first-order chi connectivity index (χ1) is 17.6. The van der Waals surface area contributed by atoms with E-state index in [1.54, 1.807) is 12.4 Å². The molecule has 0 amide bonds. The standard InChI is InChI=1S/C27H27N5O4/c1-17-22(16-30-27-28-13-12-23(31-27)18-6-3-2-4-7-18)25(36-32-17)24-11-10-21(15-29-24)35-20-9-5-8-19(14-20)26(33)34/h2-4,6-7,10-13,15,19-20H,5,8-9,14,16H2,1H3,(H,33,34)(H,28,30,31)/t19-,20+/m1/s1. The van der Waals surface area contributed by atoms with E-state index in [0.29, 0.717) is 42.5 Å². The molecule has 9 heteroatoms. The van der Waals surface area contributed by atoms with Crippen molar-refractivity contribution in [1.29, 1.82) is 0 Å². The summed E-state index contributed by atoms with van der Waals surface area (Å²) in [5.41, 5.74) is 4.09. The number of rotatable bonds is 8. The molecule has 1 aliphatic carbocycles. The third-order valence-corrected chi connectivity index (χ3v) is 6.38. The fourth-order valence-corrected chi connectivity index (χ4v) is 4.43. The Balaban J connectivity index is 1.26. The highest BCUT2D eigenvalue weighted by Crippen LogP contribution is 2.30. The average molecular weight is 486 g/mol. The molecule has 1 aliphatic rings. The van der Waals surface area contributed by atoms with Gasteiger partial charge < -0.3 is 19.7 Å². The Labute approximate surface area is 208 Å². The highest BCUT2D eigenvalue weighted by molar-refractivity contribution is 5.70. The van der Waals surface area contributed by atoms with Crippen molar-refractivity contribution in [2.24, 2.45) is 5.92 Å². The summed E-state index contributed by atoms with van der Waals surface area (Å²) in [7, 11) is 0. The Bertz CT molecular complexity index is 1320. The van der Waals surface area contributed by atoms with Crippen LogP contribution in [0.2, 0.25) is 0 Å². The molecule has 0 bridgehead atoms. The molecule has 9 nitrogen and oxygen atoms in total. The number of ether oxygens (including phenoxy) is 1. The van der Waals surface area contributed by atoms with Crippen LogP contribution < -0.4 is 10.1 Å². The van der Waals surface area contributed by atoms with Gasteiger partial charge in [0.25, 0.3) is 0 Å². The number of nitrogens with zero attached hydrogens (tertiary/aromatic N) is 4. The van der Waals surface area contributed by atoms with Crippen LogP contribution in [0.25, 0.3) is 22.7 Å². The van der Waals surface area contributed by atoms with Crippen molar-refractivity contribution in [2.45, 2.75) is 45.3 Å². The van der Waals surface area contributed by atoms with Gasteiger partial charge in [-0.2, -0.15) is 0 Å². The summed E-state index contributed by atoms with van der Waals surface area (Å²) in [5, 5.41) is 16.7. The van der Waals surface area contributed by atoms with Gasteiger partial charge in [0.1, 0.15) is 11.4 Å². The van der Waals surface area contributed by atoms with Crippen LogP contribution >= 0.6 is 0 Å². The molecular formula is C27H27N5O4. The maximum atomic E-state index is 11.3. The van der Waals surface area contributed by atoms with Gasteiger partial charge in [-0.25, -0.2) is 15.0 Å². The molecule has 0 radical (unpaired) electrons. The van der Waals surface area contributed by atoms with E-state index in [0.717, 1.165) is 35.4 Å². The number of aryl methyl sites for hydroxylation is 1. The Morgan fingerprint density at radius 1 is 1.11 bits per heavy atom. The SMILES string of the molecule is Cc1noc(-c2ccc(O[C@H]3CCC[C@@H](C(=O)O)C3)cn2)c1CNc1nccc(-c2ccccc2)n1. The zero-order chi connectivity index (χ0) is 24.9. The maximum absolute atomic E-state index is 11.3. The molecule has 2 atom stereocenters. The highest BCUT2D eigenvalue weighted by Gasteiger charge is 2.28. The van der Waals surface area contributed by atoms with Gasteiger partial charge in [-0.05, 0) is 50.8 Å². The quantitative estimate of drug-likeness (QED) is 0.349. The van der Waals surface area contributed by atoms with E-state index in [2.05, 4.69) is 25.4 Å². The lowest BCUT2D eigenvalue weighted by molar-refractivity contribution is -0.143. The van der Waals surface area contributed by atoms with E-state index in [1.807, 2.05) is 55.5 Å². The van der Waals surface area contributed by atoms with Crippen LogP contribution in [0, 0.1) is 12.8 Å². The van der Waals surface area contributed by atoms with Gasteiger partial charge in [-0.15, -0.1) is 0 Å². The van der Waals surface area contributed by atoms with Crippen molar-refractivity contribution < 1.29 is 19.2 Å². The van der Waals surface area contributed by atoms with E-state index < -0.39 is 5.97 Å². The lowest BCUT2D eigenvalue weighted by Crippen LogP contribution is -2.29. The summed E-state index contributed by atoms with van der Waals surface area (Å²) in [5.74, 6) is 0.578. The number of hydrogen-bond acceptors (Lipinski definition) is 8. The van der Waals surface area contributed by atoms with Gasteiger partial charge in [-0.3, -0.25) is 4.79 Å². The van der Waals surface area contributed by atoms with Crippen molar-refractivity contribution in [2.75, 3.05) is 5.32 Å². The largest absolute Gasteiger partial charge is 0.489 e. The number of benzene rings is 1. The number of nitrogens with one attached hydrogen (secondary N) is 1. The average Bonchev–Trinajstić information content (AvgIpc) is 3.29. The Morgan fingerprint density at radius 2 is 1.97 bits per heavy atom. The van der Waals surface area contributed by atoms with Gasteiger partial charge in [0.2, 0.25) is 5.95 Å². The fourth-order valence-electron chi connectivity index (χ4n) is 4.43. The number of aromatic nitrogens is 4. The Morgan fingerprint density at radius 3 is 2.75 bits per heavy atom. The van der Waals surface area contributed by atoms with Crippen molar-refractivity contribution in [3.8, 4) is 28.5 Å². The summed E-state index contributed by atoms with van der Waals surface area (Å²) in [6, 6.07) is 15.5. The second-order valence-electron chi connectivity index (χ2n) is 8.88. The second-order valence-corrected chi connectivity index (χ2v) is 8.88. The zero-order valence-electron chi connectivity index (χ0n) is 19.9. The van der Waals surface area contributed by atoms with Crippen LogP contribution in [-0.4, -0.2) is 37.3 Å². The van der Waals surface area contributed by atoms with E-state index in [9.17, 15) is 9.90 Å². The molecule has 0 spiro atoms. The number of hydrogen-bond donors (Lipinski definition) is 2. The first-order valence-electron chi connectivity index (χ1n) is 12.0. The predicted octanol–water partition coefficient (Wildman–Crippen LogP) is 5.14. The first-order valence-corrected chi connectivity index (χ1v) is 12.0. The third kappa shape index (κ3) is 5.35. The molecule has 5 rings (SSSR count). The van der Waals surface area contributed by atoms with Crippen LogP contribution in [0.3, 0.4) is 0 Å². The van der Waals surface area contributed by atoms with Crippen molar-refractivity contribution in [1.82, 2.24) is 20.1 Å². The monoisotopic (exact) mass is 485 g/mol. The van der Waals surface area contributed by atoms with Crippen LogP contribution in [-0.2, 0) is 11.3 Å². The molecule has 184 valence electrons. The smallest absolute Gasteiger partial charge is 0.306 e. The topological polar surface area (TPSA) is 123 Å². The summed E-state index contributed by atoms with van der Waals surface area (Å²) in [4.78, 5) is 24.8. The molecule has 36 heavy (non-hydrogen) atoms. The minimum atomic E-state index is -0.754. The summed E-state index contributed by atoms with van der Waals surface area (Å²) < 4.78 is 11.6. The normalized spacial score (nSPS) is 17.5. The maximum Gasteiger partial charge on any atom is 0.306 e. The van der Waals surface area contributed by atoms with Gasteiger partial charge >= 0.3 is 5.97 Å². The number of carboxylic acid groups (broad SMARTS) is 1. The van der Waals surface area contributed by atoms with Crippen LogP contribution in [0.5, 0.6) is 5.75 Å². The summed E-state index contributed by atoms with van der Waals surface area (Å²) >= 11 is 0. The van der Waals surface area contributed by atoms with E-state index in [-0.39, 0.29) is 12.0 Å². The minimum absolute atomic E-state index is 0.119. The van der Waals surface area contributed by atoms with E-state index >= 15 is 0 Å². The Hall–Kier alpha value is -4.27. The number of carbonyl (C=O) groups is 1. The molecule has 2 N–H and O–H groups in total. The molecule has 4 aromatic rings. The van der Waals surface area contributed by atoms with Gasteiger partial charge in [-0.1, -0.05) is 35.5 Å². The molecule has 3 heterocycles.